The van der Waals surface area contributed by atoms with Crippen molar-refractivity contribution in [1.29, 1.82) is 0 Å². The van der Waals surface area contributed by atoms with Crippen LogP contribution >= 0.6 is 0 Å². The Morgan fingerprint density at radius 2 is 1.81 bits per heavy atom. The molecular weight excluding hydrogens is 322 g/mol. The highest BCUT2D eigenvalue weighted by Crippen LogP contribution is 2.31. The SMILES string of the molecule is Cc1ccc(C(C)C)cc1Oc1ccccc1CCCN1CCOCC1. The van der Waals surface area contributed by atoms with Gasteiger partial charge in [0.1, 0.15) is 11.5 Å². The molecule has 1 heterocycles. The zero-order valence-electron chi connectivity index (χ0n) is 16.3. The first kappa shape index (κ1) is 18.9. The van der Waals surface area contributed by atoms with Crippen molar-refractivity contribution in [3.63, 3.8) is 0 Å². The fourth-order valence-electron chi connectivity index (χ4n) is 3.33. The quantitative estimate of drug-likeness (QED) is 0.685. The van der Waals surface area contributed by atoms with E-state index in [9.17, 15) is 0 Å². The van der Waals surface area contributed by atoms with Gasteiger partial charge in [-0.1, -0.05) is 44.2 Å². The van der Waals surface area contributed by atoms with Crippen molar-refractivity contribution in [2.75, 3.05) is 32.8 Å². The zero-order valence-corrected chi connectivity index (χ0v) is 16.3. The number of nitrogens with zero attached hydrogens (tertiary/aromatic N) is 1. The molecule has 3 nitrogen and oxygen atoms in total. The van der Waals surface area contributed by atoms with E-state index < -0.39 is 0 Å². The average Bonchev–Trinajstić information content (AvgIpc) is 2.65. The third kappa shape index (κ3) is 5.09. The van der Waals surface area contributed by atoms with Crippen molar-refractivity contribution in [3.8, 4) is 11.5 Å². The van der Waals surface area contributed by atoms with Crippen LogP contribution in [0.5, 0.6) is 11.5 Å². The Kier molecular flexibility index (Phi) is 6.70. The van der Waals surface area contributed by atoms with Gasteiger partial charge in [-0.15, -0.1) is 0 Å². The summed E-state index contributed by atoms with van der Waals surface area (Å²) in [5.74, 6) is 2.46. The van der Waals surface area contributed by atoms with E-state index in [-0.39, 0.29) is 0 Å². The van der Waals surface area contributed by atoms with E-state index >= 15 is 0 Å². The molecule has 0 aliphatic carbocycles. The van der Waals surface area contributed by atoms with E-state index in [4.69, 9.17) is 9.47 Å². The molecule has 1 fully saturated rings. The fraction of sp³-hybridized carbons (Fsp3) is 0.478. The molecule has 0 saturated carbocycles. The number of aryl methyl sites for hydroxylation is 2. The number of benzene rings is 2. The van der Waals surface area contributed by atoms with Crippen molar-refractivity contribution >= 4 is 0 Å². The molecular formula is C23H31NO2. The van der Waals surface area contributed by atoms with E-state index in [2.05, 4.69) is 68.1 Å². The first-order chi connectivity index (χ1) is 12.6. The zero-order chi connectivity index (χ0) is 18.4. The van der Waals surface area contributed by atoms with Crippen molar-refractivity contribution in [1.82, 2.24) is 4.90 Å². The average molecular weight is 354 g/mol. The minimum absolute atomic E-state index is 0.502. The van der Waals surface area contributed by atoms with Gasteiger partial charge in [0, 0.05) is 13.1 Å². The molecule has 2 aromatic rings. The van der Waals surface area contributed by atoms with Crippen molar-refractivity contribution < 1.29 is 9.47 Å². The highest BCUT2D eigenvalue weighted by Gasteiger charge is 2.12. The van der Waals surface area contributed by atoms with Crippen LogP contribution in [-0.2, 0) is 11.2 Å². The van der Waals surface area contributed by atoms with E-state index in [1.807, 2.05) is 0 Å². The van der Waals surface area contributed by atoms with Crippen LogP contribution in [0.3, 0.4) is 0 Å². The lowest BCUT2D eigenvalue weighted by Crippen LogP contribution is -2.36. The fourth-order valence-corrected chi connectivity index (χ4v) is 3.33. The third-order valence-electron chi connectivity index (χ3n) is 5.10. The van der Waals surface area contributed by atoms with Crippen molar-refractivity contribution in [2.24, 2.45) is 0 Å². The molecule has 0 radical (unpaired) electrons. The molecule has 0 unspecified atom stereocenters. The van der Waals surface area contributed by atoms with Crippen LogP contribution < -0.4 is 4.74 Å². The van der Waals surface area contributed by atoms with E-state index in [1.54, 1.807) is 0 Å². The maximum absolute atomic E-state index is 6.34. The summed E-state index contributed by atoms with van der Waals surface area (Å²) < 4.78 is 11.8. The Balaban J connectivity index is 1.66. The third-order valence-corrected chi connectivity index (χ3v) is 5.10. The largest absolute Gasteiger partial charge is 0.457 e. The van der Waals surface area contributed by atoms with E-state index in [0.717, 1.165) is 57.2 Å². The van der Waals surface area contributed by atoms with Crippen LogP contribution in [0.2, 0.25) is 0 Å². The van der Waals surface area contributed by atoms with Crippen LogP contribution in [0.1, 0.15) is 42.9 Å². The highest BCUT2D eigenvalue weighted by atomic mass is 16.5. The molecule has 1 saturated heterocycles. The summed E-state index contributed by atoms with van der Waals surface area (Å²) in [5, 5.41) is 0. The lowest BCUT2D eigenvalue weighted by atomic mass is 10.0. The molecule has 140 valence electrons. The molecule has 0 atom stereocenters. The molecule has 3 rings (SSSR count). The minimum atomic E-state index is 0.502. The van der Waals surface area contributed by atoms with E-state index in [1.165, 1.54) is 16.7 Å². The molecule has 2 aromatic carbocycles. The molecule has 0 N–H and O–H groups in total. The smallest absolute Gasteiger partial charge is 0.130 e. The van der Waals surface area contributed by atoms with Gasteiger partial charge in [-0.25, -0.2) is 0 Å². The van der Waals surface area contributed by atoms with Gasteiger partial charge in [0.15, 0.2) is 0 Å². The van der Waals surface area contributed by atoms with Gasteiger partial charge in [0.05, 0.1) is 13.2 Å². The Morgan fingerprint density at radius 1 is 1.04 bits per heavy atom. The summed E-state index contributed by atoms with van der Waals surface area (Å²) in [7, 11) is 0. The molecule has 0 amide bonds. The molecule has 0 bridgehead atoms. The summed E-state index contributed by atoms with van der Waals surface area (Å²) in [5.41, 5.74) is 3.78. The van der Waals surface area contributed by atoms with Gasteiger partial charge in [-0.2, -0.15) is 0 Å². The molecule has 26 heavy (non-hydrogen) atoms. The van der Waals surface area contributed by atoms with Crippen LogP contribution in [0, 0.1) is 6.92 Å². The number of hydrogen-bond donors (Lipinski definition) is 0. The Hall–Kier alpha value is -1.84. The summed E-state index contributed by atoms with van der Waals surface area (Å²) in [4.78, 5) is 2.49. The molecule has 3 heteroatoms. The lowest BCUT2D eigenvalue weighted by molar-refractivity contribution is 0.0374. The first-order valence-corrected chi connectivity index (χ1v) is 9.80. The van der Waals surface area contributed by atoms with Gasteiger partial charge < -0.3 is 9.47 Å². The van der Waals surface area contributed by atoms with Crippen LogP contribution in [-0.4, -0.2) is 37.7 Å². The molecule has 0 spiro atoms. The van der Waals surface area contributed by atoms with Gasteiger partial charge in [-0.3, -0.25) is 4.90 Å². The Morgan fingerprint density at radius 3 is 2.58 bits per heavy atom. The second-order valence-electron chi connectivity index (χ2n) is 7.45. The van der Waals surface area contributed by atoms with Gasteiger partial charge in [-0.05, 0) is 61.1 Å². The van der Waals surface area contributed by atoms with Crippen molar-refractivity contribution in [2.45, 2.75) is 39.5 Å². The molecule has 1 aliphatic rings. The molecule has 0 aromatic heterocycles. The summed E-state index contributed by atoms with van der Waals surface area (Å²) in [6.45, 7) is 11.5. The molecule has 1 aliphatic heterocycles. The van der Waals surface area contributed by atoms with Gasteiger partial charge in [0.2, 0.25) is 0 Å². The predicted molar refractivity (Wildman–Crippen MR) is 107 cm³/mol. The maximum Gasteiger partial charge on any atom is 0.130 e. The van der Waals surface area contributed by atoms with Crippen molar-refractivity contribution in [3.05, 3.63) is 59.2 Å². The minimum Gasteiger partial charge on any atom is -0.457 e. The number of ether oxygens (including phenoxy) is 2. The standard InChI is InChI=1S/C23H31NO2/c1-18(2)21-11-10-19(3)23(17-21)26-22-9-5-4-7-20(22)8-6-12-24-13-15-25-16-14-24/h4-5,7,9-11,17-18H,6,8,12-16H2,1-3H3. The second kappa shape index (κ2) is 9.20. The highest BCUT2D eigenvalue weighted by molar-refractivity contribution is 5.43. The first-order valence-electron chi connectivity index (χ1n) is 9.80. The summed E-state index contributed by atoms with van der Waals surface area (Å²) in [6.07, 6.45) is 2.18. The summed E-state index contributed by atoms with van der Waals surface area (Å²) in [6, 6.07) is 15.0. The summed E-state index contributed by atoms with van der Waals surface area (Å²) >= 11 is 0. The van der Waals surface area contributed by atoms with Gasteiger partial charge in [0.25, 0.3) is 0 Å². The second-order valence-corrected chi connectivity index (χ2v) is 7.45. The van der Waals surface area contributed by atoms with Gasteiger partial charge >= 0.3 is 0 Å². The lowest BCUT2D eigenvalue weighted by Gasteiger charge is -2.26. The Bertz CT molecular complexity index is 705. The van der Waals surface area contributed by atoms with Crippen LogP contribution in [0.15, 0.2) is 42.5 Å². The number of hydrogen-bond acceptors (Lipinski definition) is 3. The van der Waals surface area contributed by atoms with Crippen LogP contribution in [0.25, 0.3) is 0 Å². The topological polar surface area (TPSA) is 21.7 Å². The normalized spacial score (nSPS) is 15.4. The maximum atomic E-state index is 6.34. The number of rotatable bonds is 7. The number of morpholine rings is 1. The number of para-hydroxylation sites is 1. The Labute approximate surface area is 157 Å². The van der Waals surface area contributed by atoms with Crippen LogP contribution in [0.4, 0.5) is 0 Å². The monoisotopic (exact) mass is 353 g/mol. The van der Waals surface area contributed by atoms with E-state index in [0.29, 0.717) is 5.92 Å². The predicted octanol–water partition coefficient (Wildman–Crippen LogP) is 5.18.